The molecule has 0 aliphatic rings. The first-order valence-electron chi connectivity index (χ1n) is 2.43. The van der Waals surface area contributed by atoms with Crippen molar-refractivity contribution in [2.75, 3.05) is 33.6 Å². The third kappa shape index (κ3) is 115. The highest BCUT2D eigenvalue weighted by atomic mass is 35.5. The summed E-state index contributed by atoms with van der Waals surface area (Å²) in [4.78, 5) is 2.00. The molecule has 0 aliphatic heterocycles. The fourth-order valence-corrected chi connectivity index (χ4v) is 0. The Bertz CT molecular complexity index is 28.9. The fraction of sp³-hybridized carbons (Fsp3) is 1.00. The summed E-state index contributed by atoms with van der Waals surface area (Å²) in [7, 11) is 6.00. The maximum Gasteiger partial charge on any atom is 0.0566 e. The van der Waals surface area contributed by atoms with Crippen LogP contribution in [0.5, 0.6) is 0 Å². The smallest absolute Gasteiger partial charge is 0.0566 e. The largest absolute Gasteiger partial charge is 0.395 e. The first-order chi connectivity index (χ1) is 3.65. The van der Waals surface area contributed by atoms with Crippen LogP contribution in [-0.4, -0.2) is 43.6 Å². The standard InChI is InChI=1S/C3H9N.C2H5ClO/c1-4(2)3;3-1-2-4/h1-3H3;4H,1-2H2. The molecular formula is C5H14ClNO. The predicted octanol–water partition coefficient (Wildman–Crippen LogP) is 0.395. The molecule has 8 heavy (non-hydrogen) atoms. The molecule has 0 aliphatic carbocycles. The van der Waals surface area contributed by atoms with Gasteiger partial charge in [-0.05, 0) is 21.1 Å². The van der Waals surface area contributed by atoms with E-state index in [0.29, 0.717) is 5.88 Å². The molecule has 0 aromatic rings. The topological polar surface area (TPSA) is 23.5 Å². The highest BCUT2D eigenvalue weighted by molar-refractivity contribution is 6.17. The van der Waals surface area contributed by atoms with Crippen LogP contribution < -0.4 is 0 Å². The number of aliphatic hydroxyl groups excluding tert-OH is 1. The minimum absolute atomic E-state index is 0.0849. The number of aliphatic hydroxyl groups is 1. The number of nitrogens with zero attached hydrogens (tertiary/aromatic N) is 1. The zero-order chi connectivity index (χ0) is 6.99. The van der Waals surface area contributed by atoms with Gasteiger partial charge >= 0.3 is 0 Å². The van der Waals surface area contributed by atoms with E-state index in [1.807, 2.05) is 26.0 Å². The Morgan fingerprint density at radius 3 is 1.50 bits per heavy atom. The number of halogens is 1. The predicted molar refractivity (Wildman–Crippen MR) is 37.4 cm³/mol. The second-order valence-corrected chi connectivity index (χ2v) is 2.13. The summed E-state index contributed by atoms with van der Waals surface area (Å²) in [5, 5.41) is 7.74. The lowest BCUT2D eigenvalue weighted by molar-refractivity contribution is 0.321. The van der Waals surface area contributed by atoms with Crippen LogP contribution >= 0.6 is 11.6 Å². The summed E-state index contributed by atoms with van der Waals surface area (Å²) in [6.07, 6.45) is 0. The zero-order valence-corrected chi connectivity index (χ0v) is 6.44. The maximum atomic E-state index is 7.74. The second kappa shape index (κ2) is 10.2. The van der Waals surface area contributed by atoms with E-state index in [0.717, 1.165) is 0 Å². The van der Waals surface area contributed by atoms with Gasteiger partial charge in [0, 0.05) is 5.88 Å². The van der Waals surface area contributed by atoms with Gasteiger partial charge in [-0.2, -0.15) is 0 Å². The van der Waals surface area contributed by atoms with Gasteiger partial charge in [-0.15, -0.1) is 11.6 Å². The summed E-state index contributed by atoms with van der Waals surface area (Å²) in [6.45, 7) is 0.0849. The van der Waals surface area contributed by atoms with E-state index in [1.54, 1.807) is 0 Å². The van der Waals surface area contributed by atoms with E-state index in [-0.39, 0.29) is 6.61 Å². The van der Waals surface area contributed by atoms with Crippen molar-refractivity contribution >= 4 is 11.6 Å². The highest BCUT2D eigenvalue weighted by Crippen LogP contribution is 1.63. The lowest BCUT2D eigenvalue weighted by Crippen LogP contribution is -1.99. The molecule has 3 heteroatoms. The molecule has 0 heterocycles. The van der Waals surface area contributed by atoms with Crippen molar-refractivity contribution in [3.63, 3.8) is 0 Å². The van der Waals surface area contributed by atoms with Crippen molar-refractivity contribution in [1.82, 2.24) is 4.90 Å². The van der Waals surface area contributed by atoms with Gasteiger partial charge < -0.3 is 10.0 Å². The van der Waals surface area contributed by atoms with Crippen LogP contribution in [0.2, 0.25) is 0 Å². The van der Waals surface area contributed by atoms with Crippen molar-refractivity contribution in [2.45, 2.75) is 0 Å². The van der Waals surface area contributed by atoms with Crippen LogP contribution in [0.1, 0.15) is 0 Å². The zero-order valence-electron chi connectivity index (χ0n) is 5.69. The van der Waals surface area contributed by atoms with Crippen LogP contribution in [0.4, 0.5) is 0 Å². The summed E-state index contributed by atoms with van der Waals surface area (Å²) in [5.74, 6) is 0.347. The first kappa shape index (κ1) is 11.1. The first-order valence-corrected chi connectivity index (χ1v) is 2.96. The third-order valence-corrected chi connectivity index (χ3v) is 0.254. The van der Waals surface area contributed by atoms with E-state index < -0.39 is 0 Å². The van der Waals surface area contributed by atoms with Gasteiger partial charge in [0.25, 0.3) is 0 Å². The number of alkyl halides is 1. The fourth-order valence-electron chi connectivity index (χ4n) is 0. The van der Waals surface area contributed by atoms with E-state index in [1.165, 1.54) is 0 Å². The molecule has 1 N–H and O–H groups in total. The van der Waals surface area contributed by atoms with Crippen LogP contribution in [0.25, 0.3) is 0 Å². The summed E-state index contributed by atoms with van der Waals surface area (Å²) in [6, 6.07) is 0. The van der Waals surface area contributed by atoms with Crippen LogP contribution in [0.15, 0.2) is 0 Å². The molecule has 0 aromatic heterocycles. The highest BCUT2D eigenvalue weighted by Gasteiger charge is 1.60. The van der Waals surface area contributed by atoms with Gasteiger partial charge in [-0.1, -0.05) is 0 Å². The summed E-state index contributed by atoms with van der Waals surface area (Å²) in [5.41, 5.74) is 0. The van der Waals surface area contributed by atoms with Crippen molar-refractivity contribution in [3.8, 4) is 0 Å². The Balaban J connectivity index is 0. The Hall–Kier alpha value is 0.210. The van der Waals surface area contributed by atoms with E-state index in [4.69, 9.17) is 16.7 Å². The average Bonchev–Trinajstić information content (AvgIpc) is 1.65. The summed E-state index contributed by atoms with van der Waals surface area (Å²) >= 11 is 4.94. The van der Waals surface area contributed by atoms with Gasteiger partial charge in [0.1, 0.15) is 0 Å². The van der Waals surface area contributed by atoms with Gasteiger partial charge in [0.15, 0.2) is 0 Å². The second-order valence-electron chi connectivity index (χ2n) is 1.75. The summed E-state index contributed by atoms with van der Waals surface area (Å²) < 4.78 is 0. The van der Waals surface area contributed by atoms with Crippen LogP contribution in [-0.2, 0) is 0 Å². The Labute approximate surface area is 56.1 Å². The minimum Gasteiger partial charge on any atom is -0.395 e. The quantitative estimate of drug-likeness (QED) is 0.532. The van der Waals surface area contributed by atoms with Crippen molar-refractivity contribution in [1.29, 1.82) is 0 Å². The third-order valence-electron chi connectivity index (χ3n) is 0.0845. The molecule has 0 rings (SSSR count). The molecule has 52 valence electrons. The molecule has 0 radical (unpaired) electrons. The van der Waals surface area contributed by atoms with E-state index >= 15 is 0 Å². The van der Waals surface area contributed by atoms with Crippen molar-refractivity contribution in [2.24, 2.45) is 0 Å². The molecule has 0 aromatic carbocycles. The van der Waals surface area contributed by atoms with Gasteiger partial charge in [0.05, 0.1) is 6.61 Å². The molecule has 0 saturated heterocycles. The van der Waals surface area contributed by atoms with Gasteiger partial charge in [-0.25, -0.2) is 0 Å². The molecule has 0 bridgehead atoms. The maximum absolute atomic E-state index is 7.74. The van der Waals surface area contributed by atoms with E-state index in [2.05, 4.69) is 0 Å². The molecule has 0 amide bonds. The van der Waals surface area contributed by atoms with Crippen LogP contribution in [0.3, 0.4) is 0 Å². The Morgan fingerprint density at radius 2 is 1.50 bits per heavy atom. The van der Waals surface area contributed by atoms with E-state index in [9.17, 15) is 0 Å². The van der Waals surface area contributed by atoms with Crippen molar-refractivity contribution < 1.29 is 5.11 Å². The molecular weight excluding hydrogens is 126 g/mol. The molecule has 0 atom stereocenters. The number of rotatable bonds is 1. The lowest BCUT2D eigenvalue weighted by Gasteiger charge is -1.90. The normalized spacial score (nSPS) is 8.25. The average molecular weight is 140 g/mol. The molecule has 0 fully saturated rings. The Morgan fingerprint density at radius 1 is 1.38 bits per heavy atom. The molecule has 0 saturated carbocycles. The lowest BCUT2D eigenvalue weighted by atomic mass is 10.9. The Kier molecular flexibility index (Phi) is 14.2. The van der Waals surface area contributed by atoms with Gasteiger partial charge in [-0.3, -0.25) is 0 Å². The van der Waals surface area contributed by atoms with Crippen molar-refractivity contribution in [3.05, 3.63) is 0 Å². The molecule has 0 spiro atoms. The SMILES string of the molecule is CN(C)C.OCCCl. The van der Waals surface area contributed by atoms with Crippen LogP contribution in [0, 0.1) is 0 Å². The number of hydrogen-bond acceptors (Lipinski definition) is 2. The molecule has 2 nitrogen and oxygen atoms in total. The number of hydrogen-bond donors (Lipinski definition) is 1. The van der Waals surface area contributed by atoms with Gasteiger partial charge in [0.2, 0.25) is 0 Å². The molecule has 0 unspecified atom stereocenters. The minimum atomic E-state index is 0.0849. The monoisotopic (exact) mass is 139 g/mol.